The van der Waals surface area contributed by atoms with Crippen molar-refractivity contribution in [2.24, 2.45) is 7.05 Å². The van der Waals surface area contributed by atoms with Crippen LogP contribution in [0.2, 0.25) is 0 Å². The lowest BCUT2D eigenvalue weighted by molar-refractivity contribution is 0.607. The molecule has 0 spiro atoms. The van der Waals surface area contributed by atoms with Crippen LogP contribution in [0.3, 0.4) is 0 Å². The summed E-state index contributed by atoms with van der Waals surface area (Å²) in [5.74, 6) is 0. The number of hydrogen-bond acceptors (Lipinski definition) is 3. The molecule has 1 heterocycles. The number of aromatic nitrogens is 2. The Morgan fingerprint density at radius 2 is 1.79 bits per heavy atom. The lowest BCUT2D eigenvalue weighted by atomic mass is 10.2. The molecule has 0 aliphatic rings. The molecule has 1 aromatic heterocycles. The summed E-state index contributed by atoms with van der Waals surface area (Å²) in [5, 5.41) is 3.19. The Labute approximate surface area is 111 Å². The quantitative estimate of drug-likeness (QED) is 0.890. The van der Waals surface area contributed by atoms with E-state index < -0.39 is 0 Å². The van der Waals surface area contributed by atoms with Gasteiger partial charge in [-0.25, -0.2) is 4.79 Å². The maximum absolute atomic E-state index is 11.8. The topological polar surface area (TPSA) is 56.0 Å². The van der Waals surface area contributed by atoms with Crippen LogP contribution in [0.15, 0.2) is 46.1 Å². The van der Waals surface area contributed by atoms with Crippen LogP contribution in [0.1, 0.15) is 5.56 Å². The van der Waals surface area contributed by atoms with Crippen LogP contribution >= 0.6 is 0 Å². The third kappa shape index (κ3) is 3.13. The minimum atomic E-state index is -0.293. The molecule has 100 valence electrons. The zero-order chi connectivity index (χ0) is 13.8. The second-order valence-electron chi connectivity index (χ2n) is 4.49. The number of aryl methyl sites for hydroxylation is 2. The summed E-state index contributed by atoms with van der Waals surface area (Å²) < 4.78 is 2.62. The maximum Gasteiger partial charge on any atom is 0.330 e. The van der Waals surface area contributed by atoms with Gasteiger partial charge in [-0.1, -0.05) is 17.7 Å². The average molecular weight is 259 g/mol. The molecule has 0 amide bonds. The summed E-state index contributed by atoms with van der Waals surface area (Å²) in [5.41, 5.74) is 1.61. The van der Waals surface area contributed by atoms with Crippen molar-refractivity contribution in [1.82, 2.24) is 9.13 Å². The monoisotopic (exact) mass is 259 g/mol. The van der Waals surface area contributed by atoms with Gasteiger partial charge in [0.05, 0.1) is 0 Å². The first-order valence-corrected chi connectivity index (χ1v) is 6.15. The molecule has 0 radical (unpaired) electrons. The summed E-state index contributed by atoms with van der Waals surface area (Å²) in [6.45, 7) is 2.90. The minimum Gasteiger partial charge on any atom is -0.383 e. The van der Waals surface area contributed by atoms with Crippen LogP contribution < -0.4 is 16.6 Å². The van der Waals surface area contributed by atoms with E-state index in [1.165, 1.54) is 27.0 Å². The molecule has 0 atom stereocenters. The Morgan fingerprint density at radius 1 is 1.11 bits per heavy atom. The molecule has 19 heavy (non-hydrogen) atoms. The predicted octanol–water partition coefficient (Wildman–Crippen LogP) is 0.968. The average Bonchev–Trinajstić information content (AvgIpc) is 2.40. The highest BCUT2D eigenvalue weighted by Crippen LogP contribution is 2.07. The Morgan fingerprint density at radius 3 is 2.47 bits per heavy atom. The van der Waals surface area contributed by atoms with Gasteiger partial charge in [0, 0.05) is 38.1 Å². The van der Waals surface area contributed by atoms with Crippen molar-refractivity contribution in [3.05, 3.63) is 62.9 Å². The van der Waals surface area contributed by atoms with E-state index in [1.54, 1.807) is 7.05 Å². The van der Waals surface area contributed by atoms with Gasteiger partial charge < -0.3 is 9.88 Å². The highest BCUT2D eigenvalue weighted by Gasteiger charge is 2.02. The van der Waals surface area contributed by atoms with Crippen LogP contribution in [-0.4, -0.2) is 15.7 Å². The number of nitrogens with one attached hydrogen (secondary N) is 1. The fourth-order valence-electron chi connectivity index (χ4n) is 1.80. The summed E-state index contributed by atoms with van der Waals surface area (Å²) in [4.78, 5) is 23.4. The Kier molecular flexibility index (Phi) is 3.85. The maximum atomic E-state index is 11.8. The van der Waals surface area contributed by atoms with Gasteiger partial charge in [0.1, 0.15) is 0 Å². The zero-order valence-electron chi connectivity index (χ0n) is 11.1. The second-order valence-corrected chi connectivity index (χ2v) is 4.49. The fourth-order valence-corrected chi connectivity index (χ4v) is 1.80. The summed E-state index contributed by atoms with van der Waals surface area (Å²) >= 11 is 0. The normalized spacial score (nSPS) is 10.4. The van der Waals surface area contributed by atoms with E-state index >= 15 is 0 Å². The predicted molar refractivity (Wildman–Crippen MR) is 75.6 cm³/mol. The summed E-state index contributed by atoms with van der Waals surface area (Å²) in [6.07, 6.45) is 1.48. The van der Waals surface area contributed by atoms with Gasteiger partial charge in [-0.2, -0.15) is 0 Å². The van der Waals surface area contributed by atoms with E-state index in [2.05, 4.69) is 5.32 Å². The van der Waals surface area contributed by atoms with E-state index in [4.69, 9.17) is 0 Å². The number of benzene rings is 1. The van der Waals surface area contributed by atoms with Crippen molar-refractivity contribution in [3.63, 3.8) is 0 Å². The van der Waals surface area contributed by atoms with E-state index in [9.17, 15) is 9.59 Å². The van der Waals surface area contributed by atoms with Crippen molar-refractivity contribution in [2.75, 3.05) is 11.9 Å². The Balaban J connectivity index is 2.04. The van der Waals surface area contributed by atoms with Crippen LogP contribution in [0.5, 0.6) is 0 Å². The summed E-state index contributed by atoms with van der Waals surface area (Å²) in [6, 6.07) is 9.36. The first-order chi connectivity index (χ1) is 9.08. The first kappa shape index (κ1) is 13.1. The molecule has 2 rings (SSSR count). The lowest BCUT2D eigenvalue weighted by Crippen LogP contribution is -2.39. The third-order valence-corrected chi connectivity index (χ3v) is 2.96. The van der Waals surface area contributed by atoms with E-state index in [-0.39, 0.29) is 11.2 Å². The minimum absolute atomic E-state index is 0.270. The largest absolute Gasteiger partial charge is 0.383 e. The number of hydrogen-bond donors (Lipinski definition) is 1. The fraction of sp³-hybridized carbons (Fsp3) is 0.286. The van der Waals surface area contributed by atoms with Gasteiger partial charge in [-0.05, 0) is 19.1 Å². The van der Waals surface area contributed by atoms with Crippen LogP contribution in [0.4, 0.5) is 5.69 Å². The molecule has 0 aliphatic carbocycles. The summed E-state index contributed by atoms with van der Waals surface area (Å²) in [7, 11) is 1.63. The van der Waals surface area contributed by atoms with E-state index in [1.807, 2.05) is 31.2 Å². The van der Waals surface area contributed by atoms with Gasteiger partial charge >= 0.3 is 5.69 Å². The molecule has 2 aromatic rings. The number of nitrogens with zero attached hydrogens (tertiary/aromatic N) is 2. The van der Waals surface area contributed by atoms with Gasteiger partial charge in [-0.15, -0.1) is 0 Å². The van der Waals surface area contributed by atoms with E-state index in [0.717, 1.165) is 5.69 Å². The molecule has 0 fully saturated rings. The second kappa shape index (κ2) is 5.56. The third-order valence-electron chi connectivity index (χ3n) is 2.96. The highest BCUT2D eigenvalue weighted by atomic mass is 16.2. The molecular weight excluding hydrogens is 242 g/mol. The molecule has 0 bridgehead atoms. The van der Waals surface area contributed by atoms with Gasteiger partial charge in [0.25, 0.3) is 5.56 Å². The Bertz CT molecular complexity index is 668. The zero-order valence-corrected chi connectivity index (χ0v) is 11.1. The van der Waals surface area contributed by atoms with Crippen molar-refractivity contribution >= 4 is 5.69 Å². The van der Waals surface area contributed by atoms with Crippen LogP contribution in [0, 0.1) is 6.92 Å². The number of anilines is 1. The SMILES string of the molecule is Cc1ccc(NCCn2c(=O)ccn(C)c2=O)cc1. The van der Waals surface area contributed by atoms with Gasteiger partial charge in [0.2, 0.25) is 0 Å². The molecule has 5 nitrogen and oxygen atoms in total. The van der Waals surface area contributed by atoms with Gasteiger partial charge in [0.15, 0.2) is 0 Å². The first-order valence-electron chi connectivity index (χ1n) is 6.15. The van der Waals surface area contributed by atoms with E-state index in [0.29, 0.717) is 13.1 Å². The molecule has 0 unspecified atom stereocenters. The smallest absolute Gasteiger partial charge is 0.330 e. The van der Waals surface area contributed by atoms with Crippen molar-refractivity contribution in [3.8, 4) is 0 Å². The molecule has 0 saturated heterocycles. The molecular formula is C14H17N3O2. The van der Waals surface area contributed by atoms with Crippen LogP contribution in [-0.2, 0) is 13.6 Å². The van der Waals surface area contributed by atoms with Gasteiger partial charge in [-0.3, -0.25) is 9.36 Å². The molecule has 0 saturated carbocycles. The number of rotatable bonds is 4. The Hall–Kier alpha value is -2.30. The lowest BCUT2D eigenvalue weighted by Gasteiger charge is -2.09. The standard InChI is InChI=1S/C14H17N3O2/c1-11-3-5-12(6-4-11)15-8-10-17-13(18)7-9-16(2)14(17)19/h3-7,9,15H,8,10H2,1-2H3. The highest BCUT2D eigenvalue weighted by molar-refractivity contribution is 5.44. The molecule has 1 aromatic carbocycles. The molecule has 0 aliphatic heterocycles. The van der Waals surface area contributed by atoms with Crippen molar-refractivity contribution < 1.29 is 0 Å². The van der Waals surface area contributed by atoms with Crippen LogP contribution in [0.25, 0.3) is 0 Å². The van der Waals surface area contributed by atoms with Crippen molar-refractivity contribution in [1.29, 1.82) is 0 Å². The van der Waals surface area contributed by atoms with Crippen molar-refractivity contribution in [2.45, 2.75) is 13.5 Å². The molecule has 1 N–H and O–H groups in total. The molecule has 5 heteroatoms.